The van der Waals surface area contributed by atoms with Gasteiger partial charge in [0, 0.05) is 57.3 Å². The summed E-state index contributed by atoms with van der Waals surface area (Å²) in [5, 5.41) is 9.03. The van der Waals surface area contributed by atoms with Crippen LogP contribution in [0.25, 0.3) is 0 Å². The van der Waals surface area contributed by atoms with Gasteiger partial charge in [0.15, 0.2) is 0 Å². The number of carbonyl (C=O) groups is 6. The molecule has 13 nitrogen and oxygen atoms in total. The molecule has 0 spiro atoms. The lowest BCUT2D eigenvalue weighted by Gasteiger charge is -2.37. The fourth-order valence-electron chi connectivity index (χ4n) is 8.89. The molecule has 5 rings (SSSR count). The van der Waals surface area contributed by atoms with E-state index in [4.69, 9.17) is 0 Å². The van der Waals surface area contributed by atoms with Crippen molar-refractivity contribution in [1.82, 2.24) is 35.6 Å². The van der Waals surface area contributed by atoms with E-state index in [1.165, 1.54) is 11.3 Å². The van der Waals surface area contributed by atoms with E-state index in [1.807, 2.05) is 136 Å². The number of hydrogen-bond donors (Lipinski definition) is 3. The van der Waals surface area contributed by atoms with Crippen LogP contribution in [0.15, 0.2) is 72.8 Å². The van der Waals surface area contributed by atoms with Crippen LogP contribution in [-0.2, 0) is 32.0 Å². The van der Waals surface area contributed by atoms with Gasteiger partial charge in [-0.05, 0) is 93.0 Å². The molecule has 3 aromatic rings. The molecule has 2 aliphatic rings. The molecule has 3 heterocycles. The summed E-state index contributed by atoms with van der Waals surface area (Å²) < 4.78 is 0. The molecule has 0 saturated carbocycles. The number of likely N-dealkylation sites (N-methyl/N-ethyl adjacent to an activating group) is 1. The van der Waals surface area contributed by atoms with Gasteiger partial charge in [0.2, 0.25) is 23.6 Å². The molecule has 3 N–H and O–H groups in total. The van der Waals surface area contributed by atoms with Crippen molar-refractivity contribution >= 4 is 46.8 Å². The zero-order valence-electron chi connectivity index (χ0n) is 41.7. The molecule has 2 saturated heterocycles. The smallest absolute Gasteiger partial charge is 0.264 e. The summed E-state index contributed by atoms with van der Waals surface area (Å²) in [6.45, 7) is 19.8. The maximum atomic E-state index is 14.7. The molecule has 2 fully saturated rings. The standard InChI is InChI=1S/C53H77N7O6S/c1-11-36(2)46(61)55-44(52(4,5)6)50(65)59-30-18-24-40(59)34-57(32-28-38-20-14-12-15-21-38)48(63)42-26-27-43(67-42)49(64)58(33-29-39-22-16-13-17-23-39)35-41-25-19-31-60(41)51(66)45(53(7,8)9)56-47(62)37(3)54-10/h12-17,20-23,26-27,36-37,40-41,44-45,54H,11,18-19,24-25,28-35H2,1-10H3,(H,55,61)(H,56,62)/t36-,37+,40+,41+,44-,45-/m1/s1. The lowest BCUT2D eigenvalue weighted by molar-refractivity contribution is -0.141. The van der Waals surface area contributed by atoms with Crippen LogP contribution in [0.2, 0.25) is 0 Å². The van der Waals surface area contributed by atoms with Gasteiger partial charge in [0.1, 0.15) is 12.1 Å². The predicted molar refractivity (Wildman–Crippen MR) is 267 cm³/mol. The highest BCUT2D eigenvalue weighted by molar-refractivity contribution is 7.15. The van der Waals surface area contributed by atoms with Crippen LogP contribution >= 0.6 is 11.3 Å². The predicted octanol–water partition coefficient (Wildman–Crippen LogP) is 6.82. The van der Waals surface area contributed by atoms with Crippen molar-refractivity contribution in [3.8, 4) is 0 Å². The Hall–Kier alpha value is -5.08. The van der Waals surface area contributed by atoms with Gasteiger partial charge >= 0.3 is 0 Å². The van der Waals surface area contributed by atoms with Crippen LogP contribution in [0, 0.1) is 16.7 Å². The topological polar surface area (TPSA) is 151 Å². The summed E-state index contributed by atoms with van der Waals surface area (Å²) in [4.78, 5) is 92.7. The number of likely N-dealkylation sites (tertiary alicyclic amines) is 2. The minimum Gasteiger partial charge on any atom is -0.344 e. The molecule has 0 radical (unpaired) electrons. The zero-order chi connectivity index (χ0) is 49.1. The van der Waals surface area contributed by atoms with E-state index in [2.05, 4.69) is 16.0 Å². The molecule has 1 aromatic heterocycles. The van der Waals surface area contributed by atoms with Crippen molar-refractivity contribution in [1.29, 1.82) is 0 Å². The third-order valence-electron chi connectivity index (χ3n) is 13.5. The Morgan fingerprint density at radius 3 is 1.42 bits per heavy atom. The van der Waals surface area contributed by atoms with Gasteiger partial charge in [0.25, 0.3) is 11.8 Å². The molecule has 366 valence electrons. The SMILES string of the molecule is CC[C@@H](C)C(=O)N[C@H](C(=O)N1CCC[C@H]1CN(CCc1ccccc1)C(=O)c1ccc(C(=O)N(CCc2ccccc2)C[C@@H]2CCCN2C(=O)[C@@H](NC(=O)[C@H](C)NC)C(C)(C)C)s1)C(C)(C)C. The number of nitrogens with one attached hydrogen (secondary N) is 3. The molecule has 2 aromatic carbocycles. The monoisotopic (exact) mass is 940 g/mol. The summed E-state index contributed by atoms with van der Waals surface area (Å²) >= 11 is 1.17. The number of thiophene rings is 1. The van der Waals surface area contributed by atoms with E-state index in [-0.39, 0.29) is 53.4 Å². The minimum atomic E-state index is -0.759. The third kappa shape index (κ3) is 14.2. The molecule has 2 aliphatic heterocycles. The molecule has 14 heteroatoms. The van der Waals surface area contributed by atoms with Crippen LogP contribution in [0.3, 0.4) is 0 Å². The maximum absolute atomic E-state index is 14.7. The van der Waals surface area contributed by atoms with Crippen molar-refractivity contribution < 1.29 is 28.8 Å². The van der Waals surface area contributed by atoms with E-state index in [1.54, 1.807) is 26.1 Å². The second-order valence-electron chi connectivity index (χ2n) is 20.7. The largest absolute Gasteiger partial charge is 0.344 e. The van der Waals surface area contributed by atoms with Crippen LogP contribution in [0.1, 0.15) is 125 Å². The van der Waals surface area contributed by atoms with Crippen LogP contribution in [-0.4, -0.2) is 132 Å². The molecule has 0 aliphatic carbocycles. The molecule has 6 atom stereocenters. The zero-order valence-corrected chi connectivity index (χ0v) is 42.5. The summed E-state index contributed by atoms with van der Waals surface area (Å²) in [5.41, 5.74) is 1.07. The van der Waals surface area contributed by atoms with Gasteiger partial charge in [-0.1, -0.05) is 116 Å². The molecular formula is C53H77N7O6S. The highest BCUT2D eigenvalue weighted by atomic mass is 32.1. The fraction of sp³-hybridized carbons (Fsp3) is 0.585. The number of hydrogen-bond acceptors (Lipinski definition) is 8. The Labute approximate surface area is 403 Å². The molecular weight excluding hydrogens is 863 g/mol. The summed E-state index contributed by atoms with van der Waals surface area (Å²) in [5.74, 6) is -1.32. The van der Waals surface area contributed by atoms with E-state index in [0.29, 0.717) is 74.7 Å². The highest BCUT2D eigenvalue weighted by Crippen LogP contribution is 2.30. The van der Waals surface area contributed by atoms with Crippen LogP contribution in [0.5, 0.6) is 0 Å². The Bertz CT molecular complexity index is 1980. The number of nitrogens with zero attached hydrogens (tertiary/aromatic N) is 4. The molecule has 0 unspecified atom stereocenters. The van der Waals surface area contributed by atoms with Crippen LogP contribution in [0.4, 0.5) is 0 Å². The summed E-state index contributed by atoms with van der Waals surface area (Å²) in [6, 6.07) is 21.0. The van der Waals surface area contributed by atoms with Crippen molar-refractivity contribution in [2.24, 2.45) is 16.7 Å². The second kappa shape index (κ2) is 23.8. The van der Waals surface area contributed by atoms with Crippen molar-refractivity contribution in [3.05, 3.63) is 93.7 Å². The number of amides is 6. The van der Waals surface area contributed by atoms with Crippen LogP contribution < -0.4 is 16.0 Å². The first-order chi connectivity index (χ1) is 31.7. The fourth-order valence-corrected chi connectivity index (χ4v) is 9.83. The minimum absolute atomic E-state index is 0.133. The van der Waals surface area contributed by atoms with Gasteiger partial charge in [-0.25, -0.2) is 0 Å². The normalized spacial score (nSPS) is 18.2. The Morgan fingerprint density at radius 2 is 1.04 bits per heavy atom. The number of rotatable bonds is 20. The van der Waals surface area contributed by atoms with Crippen molar-refractivity contribution in [2.75, 3.05) is 46.3 Å². The third-order valence-corrected chi connectivity index (χ3v) is 14.6. The second-order valence-corrected chi connectivity index (χ2v) is 21.8. The lowest BCUT2D eigenvalue weighted by atomic mass is 9.85. The van der Waals surface area contributed by atoms with E-state index >= 15 is 0 Å². The van der Waals surface area contributed by atoms with E-state index in [9.17, 15) is 28.8 Å². The highest BCUT2D eigenvalue weighted by Gasteiger charge is 2.43. The maximum Gasteiger partial charge on any atom is 0.264 e. The van der Waals surface area contributed by atoms with E-state index < -0.39 is 29.0 Å². The number of benzene rings is 2. The molecule has 6 amide bonds. The first-order valence-electron chi connectivity index (χ1n) is 24.4. The van der Waals surface area contributed by atoms with Gasteiger partial charge in [-0.15, -0.1) is 11.3 Å². The van der Waals surface area contributed by atoms with Gasteiger partial charge < -0.3 is 35.6 Å². The van der Waals surface area contributed by atoms with E-state index in [0.717, 1.165) is 30.4 Å². The molecule has 67 heavy (non-hydrogen) atoms. The lowest BCUT2D eigenvalue weighted by Crippen LogP contribution is -2.59. The summed E-state index contributed by atoms with van der Waals surface area (Å²) in [6.07, 6.45) is 4.88. The Balaban J connectivity index is 1.39. The number of carbonyl (C=O) groups excluding carboxylic acids is 6. The Kier molecular flexibility index (Phi) is 18.8. The molecule has 0 bridgehead atoms. The van der Waals surface area contributed by atoms with Crippen molar-refractivity contribution in [2.45, 2.75) is 137 Å². The average Bonchev–Trinajstić information content (AvgIpc) is 4.11. The average molecular weight is 940 g/mol. The van der Waals surface area contributed by atoms with Gasteiger partial charge in [0.05, 0.1) is 15.8 Å². The first-order valence-corrected chi connectivity index (χ1v) is 25.2. The first kappa shape index (κ1) is 52.9. The van der Waals surface area contributed by atoms with Crippen molar-refractivity contribution in [3.63, 3.8) is 0 Å². The quantitative estimate of drug-likeness (QED) is 0.113. The van der Waals surface area contributed by atoms with Gasteiger partial charge in [-0.3, -0.25) is 28.8 Å². The van der Waals surface area contributed by atoms with Gasteiger partial charge in [-0.2, -0.15) is 0 Å². The Morgan fingerprint density at radius 1 is 0.642 bits per heavy atom. The summed E-state index contributed by atoms with van der Waals surface area (Å²) in [7, 11) is 1.71.